The fourth-order valence-electron chi connectivity index (χ4n) is 11.5. The third-order valence-corrected chi connectivity index (χ3v) is 13.9. The molecule has 5 rings (SSSR count). The first kappa shape index (κ1) is 32.9. The van der Waals surface area contributed by atoms with Crippen molar-refractivity contribution in [2.75, 3.05) is 0 Å². The molecule has 9 atom stereocenters. The van der Waals surface area contributed by atoms with Crippen molar-refractivity contribution in [1.82, 2.24) is 0 Å². The molecule has 0 bridgehead atoms. The molecule has 0 aromatic carbocycles. The molecule has 0 spiro atoms. The molecule has 40 heavy (non-hydrogen) atoms. The van der Waals surface area contributed by atoms with Gasteiger partial charge in [0.05, 0.1) is 0 Å². The van der Waals surface area contributed by atoms with Crippen LogP contribution >= 0.6 is 0 Å². The highest BCUT2D eigenvalue weighted by atomic mass is 14.5. The summed E-state index contributed by atoms with van der Waals surface area (Å²) in [6.45, 7) is 12.4. The largest absolute Gasteiger partial charge is 0.0654 e. The molecule has 0 amide bonds. The maximum absolute atomic E-state index is 2.64. The normalized spacial score (nSPS) is 43.0. The number of rotatable bonds is 7. The van der Waals surface area contributed by atoms with E-state index >= 15 is 0 Å². The van der Waals surface area contributed by atoms with Crippen molar-refractivity contribution in [2.24, 2.45) is 65.1 Å². The first-order chi connectivity index (χ1) is 19.5. The molecule has 0 nitrogen and oxygen atoms in total. The van der Waals surface area contributed by atoms with Gasteiger partial charge in [-0.05, 0) is 116 Å². The van der Waals surface area contributed by atoms with Gasteiger partial charge >= 0.3 is 0 Å². The lowest BCUT2D eigenvalue weighted by molar-refractivity contribution is -0.0130. The van der Waals surface area contributed by atoms with Gasteiger partial charge in [0, 0.05) is 0 Å². The molecule has 0 aliphatic heterocycles. The van der Waals surface area contributed by atoms with Crippen LogP contribution in [0.4, 0.5) is 0 Å². The van der Waals surface area contributed by atoms with Gasteiger partial charge in [0.2, 0.25) is 0 Å². The second kappa shape index (κ2) is 17.3. The Bertz CT molecular complexity index is 657. The monoisotopic (exact) mass is 555 g/mol. The number of fused-ring (bicyclic) bond motifs is 1. The lowest BCUT2D eigenvalue weighted by Gasteiger charge is -2.50. The Morgan fingerprint density at radius 3 is 1.85 bits per heavy atom. The molecule has 5 fully saturated rings. The van der Waals surface area contributed by atoms with Crippen LogP contribution < -0.4 is 0 Å². The third kappa shape index (κ3) is 9.01. The Morgan fingerprint density at radius 2 is 1.20 bits per heavy atom. The maximum atomic E-state index is 2.64. The number of hydrogen-bond donors (Lipinski definition) is 0. The van der Waals surface area contributed by atoms with E-state index in [0.717, 1.165) is 65.1 Å². The van der Waals surface area contributed by atoms with Crippen molar-refractivity contribution in [3.63, 3.8) is 0 Å². The highest BCUT2D eigenvalue weighted by Gasteiger charge is 2.48. The van der Waals surface area contributed by atoms with Crippen molar-refractivity contribution >= 4 is 0 Å². The Balaban J connectivity index is 0.000000222. The minimum atomic E-state index is 0.999. The van der Waals surface area contributed by atoms with E-state index in [1.807, 2.05) is 0 Å². The molecular formula is C40H74. The van der Waals surface area contributed by atoms with Crippen LogP contribution in [0.5, 0.6) is 0 Å². The Morgan fingerprint density at radius 1 is 0.525 bits per heavy atom. The lowest BCUT2D eigenvalue weighted by Crippen LogP contribution is -2.43. The molecule has 5 saturated carbocycles. The second-order valence-electron chi connectivity index (χ2n) is 16.3. The summed E-state index contributed by atoms with van der Waals surface area (Å²) < 4.78 is 0. The average molecular weight is 555 g/mol. The predicted octanol–water partition coefficient (Wildman–Crippen LogP) is 13.3. The van der Waals surface area contributed by atoms with Gasteiger partial charge in [-0.25, -0.2) is 0 Å². The zero-order valence-electron chi connectivity index (χ0n) is 28.3. The lowest BCUT2D eigenvalue weighted by atomic mass is 9.55. The molecule has 5 aliphatic rings. The van der Waals surface area contributed by atoms with E-state index in [-0.39, 0.29) is 0 Å². The Labute approximate surface area is 253 Å². The molecule has 0 radical (unpaired) electrons. The summed E-state index contributed by atoms with van der Waals surface area (Å²) in [5.74, 6) is 11.8. The molecule has 0 N–H and O–H groups in total. The molecule has 0 heteroatoms. The first-order valence-electron chi connectivity index (χ1n) is 19.5. The summed E-state index contributed by atoms with van der Waals surface area (Å²) in [6, 6.07) is 0. The van der Waals surface area contributed by atoms with E-state index in [9.17, 15) is 0 Å². The summed E-state index contributed by atoms with van der Waals surface area (Å²) in [7, 11) is 0. The fourth-order valence-corrected chi connectivity index (χ4v) is 11.5. The first-order valence-corrected chi connectivity index (χ1v) is 19.5. The van der Waals surface area contributed by atoms with Gasteiger partial charge in [-0.1, -0.05) is 137 Å². The van der Waals surface area contributed by atoms with Gasteiger partial charge in [-0.3, -0.25) is 0 Å². The van der Waals surface area contributed by atoms with Crippen LogP contribution in [0, 0.1) is 65.1 Å². The maximum Gasteiger partial charge on any atom is -0.0321 e. The molecule has 234 valence electrons. The van der Waals surface area contributed by atoms with Crippen LogP contribution in [-0.4, -0.2) is 0 Å². The predicted molar refractivity (Wildman–Crippen MR) is 178 cm³/mol. The molecule has 5 aliphatic carbocycles. The van der Waals surface area contributed by atoms with Crippen LogP contribution in [0.1, 0.15) is 189 Å². The Hall–Kier alpha value is 0. The summed E-state index contributed by atoms with van der Waals surface area (Å²) >= 11 is 0. The summed E-state index contributed by atoms with van der Waals surface area (Å²) in [4.78, 5) is 0. The molecule has 0 heterocycles. The minimum Gasteiger partial charge on any atom is -0.0654 e. The van der Waals surface area contributed by atoms with Crippen molar-refractivity contribution < 1.29 is 0 Å². The van der Waals surface area contributed by atoms with Crippen LogP contribution in [0.25, 0.3) is 0 Å². The SMILES string of the molecule is CCC1CCC(C2CCC(C)C2)CC1.CCCCC1C(C)CC2CCCC2C1C1CCCCCCCCC1CC. The van der Waals surface area contributed by atoms with E-state index in [0.29, 0.717) is 0 Å². The van der Waals surface area contributed by atoms with E-state index in [2.05, 4.69) is 34.6 Å². The van der Waals surface area contributed by atoms with Gasteiger partial charge in [0.1, 0.15) is 0 Å². The average Bonchev–Trinajstić information content (AvgIpc) is 3.63. The summed E-state index contributed by atoms with van der Waals surface area (Å²) in [5, 5.41) is 0. The standard InChI is InChI=1S/C26H48.C14H26/c1-4-6-16-23-20(3)19-22-15-13-18-25(22)26(23)24-17-12-10-8-7-9-11-14-21(24)5-2;1-3-12-5-8-13(9-6-12)14-7-4-11(2)10-14/h20-26H,4-19H2,1-3H3;11-14H,3-10H2,1-2H3. The second-order valence-corrected chi connectivity index (χ2v) is 16.3. The van der Waals surface area contributed by atoms with E-state index < -0.39 is 0 Å². The number of unbranched alkanes of at least 4 members (excludes halogenated alkanes) is 1. The topological polar surface area (TPSA) is 0 Å². The number of hydrogen-bond acceptors (Lipinski definition) is 0. The van der Waals surface area contributed by atoms with Crippen LogP contribution in [0.2, 0.25) is 0 Å². The van der Waals surface area contributed by atoms with Gasteiger partial charge < -0.3 is 0 Å². The van der Waals surface area contributed by atoms with E-state index in [1.165, 1.54) is 83.5 Å². The Kier molecular flexibility index (Phi) is 14.3. The van der Waals surface area contributed by atoms with Gasteiger partial charge in [0.15, 0.2) is 0 Å². The van der Waals surface area contributed by atoms with Crippen molar-refractivity contribution in [3.05, 3.63) is 0 Å². The van der Waals surface area contributed by atoms with Crippen molar-refractivity contribution in [3.8, 4) is 0 Å². The van der Waals surface area contributed by atoms with Gasteiger partial charge in [0.25, 0.3) is 0 Å². The molecular weight excluding hydrogens is 480 g/mol. The molecule has 0 aromatic heterocycles. The molecule has 0 saturated heterocycles. The van der Waals surface area contributed by atoms with Crippen LogP contribution in [0.3, 0.4) is 0 Å². The fraction of sp³-hybridized carbons (Fsp3) is 1.00. The minimum absolute atomic E-state index is 0.999. The van der Waals surface area contributed by atoms with Crippen molar-refractivity contribution in [1.29, 1.82) is 0 Å². The van der Waals surface area contributed by atoms with Crippen molar-refractivity contribution in [2.45, 2.75) is 189 Å². The zero-order chi connectivity index (χ0) is 28.3. The molecule has 0 aromatic rings. The van der Waals surface area contributed by atoms with Crippen LogP contribution in [-0.2, 0) is 0 Å². The van der Waals surface area contributed by atoms with Gasteiger partial charge in [-0.15, -0.1) is 0 Å². The highest BCUT2D eigenvalue weighted by Crippen LogP contribution is 2.56. The third-order valence-electron chi connectivity index (χ3n) is 13.9. The summed E-state index contributed by atoms with van der Waals surface area (Å²) in [5.41, 5.74) is 0. The van der Waals surface area contributed by atoms with Crippen LogP contribution in [0.15, 0.2) is 0 Å². The van der Waals surface area contributed by atoms with E-state index in [4.69, 9.17) is 0 Å². The zero-order valence-corrected chi connectivity index (χ0v) is 28.3. The molecule has 9 unspecified atom stereocenters. The highest BCUT2D eigenvalue weighted by molar-refractivity contribution is 4.97. The van der Waals surface area contributed by atoms with Gasteiger partial charge in [-0.2, -0.15) is 0 Å². The summed E-state index contributed by atoms with van der Waals surface area (Å²) in [6.07, 6.45) is 36.5. The quantitative estimate of drug-likeness (QED) is 0.293. The smallest absolute Gasteiger partial charge is 0.0321 e. The van der Waals surface area contributed by atoms with E-state index in [1.54, 1.807) is 70.6 Å².